The molecule has 0 unspecified atom stereocenters. The highest BCUT2D eigenvalue weighted by molar-refractivity contribution is 9.10. The smallest absolute Gasteiger partial charge is 0.175 e. The quantitative estimate of drug-likeness (QED) is 0.878. The number of hydrogen-bond acceptors (Lipinski definition) is 4. The van der Waals surface area contributed by atoms with Crippen molar-refractivity contribution in [1.82, 2.24) is 9.55 Å². The summed E-state index contributed by atoms with van der Waals surface area (Å²) in [5.74, 6) is 2.35. The van der Waals surface area contributed by atoms with E-state index in [9.17, 15) is 0 Å². The highest BCUT2D eigenvalue weighted by atomic mass is 79.9. The van der Waals surface area contributed by atoms with Crippen molar-refractivity contribution < 1.29 is 9.47 Å². The van der Waals surface area contributed by atoms with Crippen molar-refractivity contribution in [3.63, 3.8) is 0 Å². The zero-order valence-electron chi connectivity index (χ0n) is 11.6. The predicted octanol–water partition coefficient (Wildman–Crippen LogP) is 2.50. The SMILES string of the molecule is COc1cc(CN)cc(Br)c1OCCn1ccnc1C. The summed E-state index contributed by atoms with van der Waals surface area (Å²) in [7, 11) is 1.62. The highest BCUT2D eigenvalue weighted by Crippen LogP contribution is 2.36. The topological polar surface area (TPSA) is 62.3 Å². The molecule has 0 aliphatic rings. The molecule has 0 amide bonds. The number of methoxy groups -OCH3 is 1. The molecule has 108 valence electrons. The fourth-order valence-corrected chi connectivity index (χ4v) is 2.52. The molecule has 1 aromatic heterocycles. The fourth-order valence-electron chi connectivity index (χ4n) is 1.92. The van der Waals surface area contributed by atoms with E-state index in [4.69, 9.17) is 15.2 Å². The Morgan fingerprint density at radius 3 is 2.80 bits per heavy atom. The number of hydrogen-bond donors (Lipinski definition) is 1. The molecule has 0 spiro atoms. The summed E-state index contributed by atoms with van der Waals surface area (Å²) in [5.41, 5.74) is 6.64. The summed E-state index contributed by atoms with van der Waals surface area (Å²) >= 11 is 3.49. The van der Waals surface area contributed by atoms with E-state index in [0.29, 0.717) is 24.7 Å². The molecule has 0 bridgehead atoms. The van der Waals surface area contributed by atoms with Crippen LogP contribution in [-0.4, -0.2) is 23.3 Å². The van der Waals surface area contributed by atoms with Crippen LogP contribution in [0.1, 0.15) is 11.4 Å². The monoisotopic (exact) mass is 339 g/mol. The lowest BCUT2D eigenvalue weighted by molar-refractivity contribution is 0.277. The second kappa shape index (κ2) is 6.76. The van der Waals surface area contributed by atoms with Gasteiger partial charge in [0.2, 0.25) is 0 Å². The van der Waals surface area contributed by atoms with Gasteiger partial charge in [-0.3, -0.25) is 0 Å². The minimum absolute atomic E-state index is 0.462. The van der Waals surface area contributed by atoms with Gasteiger partial charge in [0, 0.05) is 18.9 Å². The number of nitrogens with two attached hydrogens (primary N) is 1. The minimum atomic E-state index is 0.462. The van der Waals surface area contributed by atoms with E-state index in [0.717, 1.165) is 22.4 Å². The summed E-state index contributed by atoms with van der Waals surface area (Å²) < 4.78 is 14.1. The average Bonchev–Trinajstić information content (AvgIpc) is 2.85. The van der Waals surface area contributed by atoms with Crippen LogP contribution in [0.3, 0.4) is 0 Å². The van der Waals surface area contributed by atoms with Crippen LogP contribution in [0.5, 0.6) is 11.5 Å². The molecule has 1 heterocycles. The summed E-state index contributed by atoms with van der Waals surface area (Å²) in [6, 6.07) is 3.84. The first kappa shape index (κ1) is 14.9. The van der Waals surface area contributed by atoms with Crippen LogP contribution in [0.15, 0.2) is 29.0 Å². The second-order valence-electron chi connectivity index (χ2n) is 4.33. The Bertz CT molecular complexity index is 584. The molecule has 2 aromatic rings. The van der Waals surface area contributed by atoms with Gasteiger partial charge in [-0.25, -0.2) is 4.98 Å². The van der Waals surface area contributed by atoms with E-state index in [1.165, 1.54) is 0 Å². The molecule has 2 rings (SSSR count). The Morgan fingerprint density at radius 2 is 2.20 bits per heavy atom. The molecule has 0 fully saturated rings. The first-order valence-electron chi connectivity index (χ1n) is 6.32. The van der Waals surface area contributed by atoms with Crippen molar-refractivity contribution in [3.05, 3.63) is 40.4 Å². The Balaban J connectivity index is 2.07. The van der Waals surface area contributed by atoms with Crippen molar-refractivity contribution in [1.29, 1.82) is 0 Å². The van der Waals surface area contributed by atoms with E-state index < -0.39 is 0 Å². The highest BCUT2D eigenvalue weighted by Gasteiger charge is 2.11. The van der Waals surface area contributed by atoms with Crippen LogP contribution in [0.2, 0.25) is 0 Å². The molecule has 0 saturated heterocycles. The molecule has 0 aliphatic heterocycles. The first-order valence-corrected chi connectivity index (χ1v) is 7.12. The minimum Gasteiger partial charge on any atom is -0.493 e. The van der Waals surface area contributed by atoms with E-state index in [2.05, 4.69) is 20.9 Å². The normalized spacial score (nSPS) is 10.6. The number of aryl methyl sites for hydroxylation is 1. The molecule has 6 heteroatoms. The van der Waals surface area contributed by atoms with Gasteiger partial charge < -0.3 is 19.8 Å². The van der Waals surface area contributed by atoms with Gasteiger partial charge in [-0.15, -0.1) is 0 Å². The third-order valence-corrected chi connectivity index (χ3v) is 3.62. The maximum Gasteiger partial charge on any atom is 0.175 e. The van der Waals surface area contributed by atoms with Crippen molar-refractivity contribution in [2.24, 2.45) is 5.73 Å². The molecule has 0 saturated carbocycles. The van der Waals surface area contributed by atoms with Gasteiger partial charge in [-0.1, -0.05) is 0 Å². The lowest BCUT2D eigenvalue weighted by Crippen LogP contribution is -2.10. The maximum absolute atomic E-state index is 5.83. The fraction of sp³-hybridized carbons (Fsp3) is 0.357. The number of rotatable bonds is 6. The Labute approximate surface area is 126 Å². The zero-order valence-corrected chi connectivity index (χ0v) is 13.2. The van der Waals surface area contributed by atoms with Gasteiger partial charge in [0.15, 0.2) is 11.5 Å². The maximum atomic E-state index is 5.83. The van der Waals surface area contributed by atoms with E-state index in [1.54, 1.807) is 13.3 Å². The third-order valence-electron chi connectivity index (χ3n) is 3.03. The number of ether oxygens (including phenoxy) is 2. The van der Waals surface area contributed by atoms with Gasteiger partial charge in [0.05, 0.1) is 18.1 Å². The number of aromatic nitrogens is 2. The molecule has 0 atom stereocenters. The molecule has 1 aromatic carbocycles. The van der Waals surface area contributed by atoms with Gasteiger partial charge in [-0.05, 0) is 40.5 Å². The zero-order chi connectivity index (χ0) is 14.5. The number of nitrogens with zero attached hydrogens (tertiary/aromatic N) is 2. The molecular formula is C14H18BrN3O2. The van der Waals surface area contributed by atoms with Crippen molar-refractivity contribution in [2.75, 3.05) is 13.7 Å². The molecule has 0 radical (unpaired) electrons. The lowest BCUT2D eigenvalue weighted by atomic mass is 10.2. The average molecular weight is 340 g/mol. The molecular weight excluding hydrogens is 322 g/mol. The largest absolute Gasteiger partial charge is 0.493 e. The first-order chi connectivity index (χ1) is 9.65. The summed E-state index contributed by atoms with van der Waals surface area (Å²) in [5, 5.41) is 0. The van der Waals surface area contributed by atoms with Crippen molar-refractivity contribution >= 4 is 15.9 Å². The van der Waals surface area contributed by atoms with Gasteiger partial charge in [-0.2, -0.15) is 0 Å². The Morgan fingerprint density at radius 1 is 1.40 bits per heavy atom. The molecule has 20 heavy (non-hydrogen) atoms. The van der Waals surface area contributed by atoms with Gasteiger partial charge in [0.1, 0.15) is 12.4 Å². The predicted molar refractivity (Wildman–Crippen MR) is 81.0 cm³/mol. The van der Waals surface area contributed by atoms with Gasteiger partial charge >= 0.3 is 0 Å². The summed E-state index contributed by atoms with van der Waals surface area (Å²) in [4.78, 5) is 4.18. The number of benzene rings is 1. The number of halogens is 1. The number of imidazole rings is 1. The second-order valence-corrected chi connectivity index (χ2v) is 5.18. The standard InChI is InChI=1S/C14H18BrN3O2/c1-10-17-3-4-18(10)5-6-20-14-12(15)7-11(9-16)8-13(14)19-2/h3-4,7-8H,5-6,9,16H2,1-2H3. The van der Waals surface area contributed by atoms with Crippen LogP contribution in [0.25, 0.3) is 0 Å². The summed E-state index contributed by atoms with van der Waals surface area (Å²) in [6.07, 6.45) is 3.71. The van der Waals surface area contributed by atoms with Crippen LogP contribution in [0.4, 0.5) is 0 Å². The van der Waals surface area contributed by atoms with Crippen LogP contribution < -0.4 is 15.2 Å². The third kappa shape index (κ3) is 3.32. The van der Waals surface area contributed by atoms with E-state index in [-0.39, 0.29) is 0 Å². The van der Waals surface area contributed by atoms with E-state index >= 15 is 0 Å². The van der Waals surface area contributed by atoms with E-state index in [1.807, 2.05) is 29.8 Å². The van der Waals surface area contributed by atoms with Crippen LogP contribution in [0, 0.1) is 6.92 Å². The lowest BCUT2D eigenvalue weighted by Gasteiger charge is -2.14. The van der Waals surface area contributed by atoms with Crippen molar-refractivity contribution in [3.8, 4) is 11.5 Å². The molecule has 0 aliphatic carbocycles. The Kier molecular flexibility index (Phi) is 5.03. The molecule has 5 nitrogen and oxygen atoms in total. The van der Waals surface area contributed by atoms with Crippen LogP contribution in [-0.2, 0) is 13.1 Å². The van der Waals surface area contributed by atoms with Crippen molar-refractivity contribution in [2.45, 2.75) is 20.0 Å². The van der Waals surface area contributed by atoms with Gasteiger partial charge in [0.25, 0.3) is 0 Å². The Hall–Kier alpha value is -1.53. The molecule has 2 N–H and O–H groups in total. The van der Waals surface area contributed by atoms with Crippen LogP contribution >= 0.6 is 15.9 Å². The summed E-state index contributed by atoms with van der Waals surface area (Å²) in [6.45, 7) is 3.70.